The molecule has 6 aromatic carbocycles. The van der Waals surface area contributed by atoms with Crippen LogP contribution in [-0.2, 0) is 15.9 Å². The summed E-state index contributed by atoms with van der Waals surface area (Å²) in [5, 5.41) is 9.17. The van der Waals surface area contributed by atoms with Crippen molar-refractivity contribution < 1.29 is 28.7 Å². The van der Waals surface area contributed by atoms with Gasteiger partial charge in [0.05, 0.1) is 36.7 Å². The van der Waals surface area contributed by atoms with Gasteiger partial charge in [-0.25, -0.2) is 9.59 Å². The normalized spacial score (nSPS) is 10.8. The second-order valence-electron chi connectivity index (χ2n) is 10.9. The summed E-state index contributed by atoms with van der Waals surface area (Å²) in [4.78, 5) is 52.3. The van der Waals surface area contributed by atoms with Crippen molar-refractivity contribution in [3.63, 3.8) is 0 Å². The minimum absolute atomic E-state index is 0.186. The Morgan fingerprint density at radius 3 is 1.32 bits per heavy atom. The summed E-state index contributed by atoms with van der Waals surface area (Å²) < 4.78 is 10.1. The molecule has 0 atom stereocenters. The third-order valence-electron chi connectivity index (χ3n) is 7.95. The highest BCUT2D eigenvalue weighted by Gasteiger charge is 2.20. The van der Waals surface area contributed by atoms with Gasteiger partial charge in [0.25, 0.3) is 11.8 Å². The first-order valence-corrected chi connectivity index (χ1v) is 14.9. The van der Waals surface area contributed by atoms with Gasteiger partial charge in [-0.2, -0.15) is 0 Å². The van der Waals surface area contributed by atoms with Crippen LogP contribution in [0.1, 0.15) is 52.6 Å². The summed E-state index contributed by atoms with van der Waals surface area (Å²) in [6.07, 6.45) is 0.336. The summed E-state index contributed by atoms with van der Waals surface area (Å²) in [5.41, 5.74) is 3.41. The smallest absolute Gasteiger partial charge is 0.339 e. The van der Waals surface area contributed by atoms with Crippen molar-refractivity contribution in [1.82, 2.24) is 0 Å². The Morgan fingerprint density at radius 2 is 0.894 bits per heavy atom. The number of hydrogen-bond acceptors (Lipinski definition) is 6. The second kappa shape index (κ2) is 13.4. The van der Waals surface area contributed by atoms with E-state index < -0.39 is 11.9 Å². The highest BCUT2D eigenvalue weighted by Crippen LogP contribution is 2.27. The summed E-state index contributed by atoms with van der Waals surface area (Å²) in [6.45, 7) is 0. The van der Waals surface area contributed by atoms with Gasteiger partial charge in [0.15, 0.2) is 0 Å². The lowest BCUT2D eigenvalue weighted by Gasteiger charge is -2.15. The Balaban J connectivity index is 1.26. The third-order valence-corrected chi connectivity index (χ3v) is 7.95. The molecule has 232 valence electrons. The first kappa shape index (κ1) is 30.7. The number of carbonyl (C=O) groups excluding carboxylic acids is 4. The number of amides is 2. The first-order chi connectivity index (χ1) is 22.9. The van der Waals surface area contributed by atoms with E-state index in [9.17, 15) is 19.2 Å². The lowest BCUT2D eigenvalue weighted by molar-refractivity contribution is 0.0592. The predicted molar refractivity (Wildman–Crippen MR) is 182 cm³/mol. The van der Waals surface area contributed by atoms with Crippen LogP contribution in [0.3, 0.4) is 0 Å². The predicted octanol–water partition coefficient (Wildman–Crippen LogP) is 7.66. The first-order valence-electron chi connectivity index (χ1n) is 14.9. The molecule has 0 aromatic heterocycles. The molecular weight excluding hydrogens is 592 g/mol. The van der Waals surface area contributed by atoms with E-state index in [2.05, 4.69) is 10.6 Å². The van der Waals surface area contributed by atoms with Crippen molar-refractivity contribution in [2.45, 2.75) is 6.42 Å². The zero-order valence-electron chi connectivity index (χ0n) is 25.7. The maximum absolute atomic E-state index is 13.3. The number of fused-ring (bicyclic) bond motifs is 2. The number of carbonyl (C=O) groups is 4. The van der Waals surface area contributed by atoms with Crippen molar-refractivity contribution in [2.24, 2.45) is 0 Å². The molecule has 0 fully saturated rings. The average molecular weight is 623 g/mol. The quantitative estimate of drug-likeness (QED) is 0.169. The van der Waals surface area contributed by atoms with Crippen LogP contribution in [0.2, 0.25) is 0 Å². The molecule has 8 nitrogen and oxygen atoms in total. The summed E-state index contributed by atoms with van der Waals surface area (Å²) in [6, 6.07) is 36.3. The molecule has 0 saturated heterocycles. The van der Waals surface area contributed by atoms with Crippen molar-refractivity contribution >= 4 is 56.7 Å². The van der Waals surface area contributed by atoms with Crippen molar-refractivity contribution in [3.8, 4) is 0 Å². The number of ether oxygens (including phenoxy) is 2. The van der Waals surface area contributed by atoms with Gasteiger partial charge < -0.3 is 20.1 Å². The van der Waals surface area contributed by atoms with Gasteiger partial charge in [0.1, 0.15) is 0 Å². The summed E-state index contributed by atoms with van der Waals surface area (Å²) in [7, 11) is 2.55. The molecule has 6 aromatic rings. The Morgan fingerprint density at radius 1 is 0.489 bits per heavy atom. The molecule has 0 saturated carbocycles. The largest absolute Gasteiger partial charge is 0.465 e. The Kier molecular flexibility index (Phi) is 8.75. The number of anilines is 2. The SMILES string of the molecule is COC(=O)c1cc(Cc2ccc(NC(=O)c3cccc4ccccc34)c(C(=O)OC)c2)ccc1NC(=O)c1cccc2ccccc12. The van der Waals surface area contributed by atoms with Crippen LogP contribution in [0.25, 0.3) is 21.5 Å². The van der Waals surface area contributed by atoms with Crippen LogP contribution in [0.15, 0.2) is 121 Å². The molecule has 0 bridgehead atoms. The van der Waals surface area contributed by atoms with Gasteiger partial charge in [-0.3, -0.25) is 9.59 Å². The van der Waals surface area contributed by atoms with E-state index in [1.54, 1.807) is 48.5 Å². The van der Waals surface area contributed by atoms with Gasteiger partial charge in [-0.1, -0.05) is 84.9 Å². The van der Waals surface area contributed by atoms with E-state index in [0.29, 0.717) is 28.9 Å². The number of rotatable bonds is 8. The van der Waals surface area contributed by atoms with E-state index >= 15 is 0 Å². The minimum Gasteiger partial charge on any atom is -0.465 e. The molecule has 6 rings (SSSR count). The molecule has 0 spiro atoms. The summed E-state index contributed by atoms with van der Waals surface area (Å²) >= 11 is 0. The summed E-state index contributed by atoms with van der Waals surface area (Å²) in [5.74, 6) is -1.93. The highest BCUT2D eigenvalue weighted by molar-refractivity contribution is 6.15. The molecule has 2 N–H and O–H groups in total. The molecule has 0 aliphatic carbocycles. The van der Waals surface area contributed by atoms with Crippen LogP contribution < -0.4 is 10.6 Å². The molecule has 8 heteroatoms. The molecule has 0 heterocycles. The molecule has 0 unspecified atom stereocenters. The molecule has 0 aliphatic heterocycles. The average Bonchev–Trinajstić information content (AvgIpc) is 3.11. The molecule has 47 heavy (non-hydrogen) atoms. The Labute approximate surface area is 270 Å². The Hall–Kier alpha value is -6.28. The van der Waals surface area contributed by atoms with Crippen molar-refractivity contribution in [1.29, 1.82) is 0 Å². The number of hydrogen-bond donors (Lipinski definition) is 2. The number of benzene rings is 6. The minimum atomic E-state index is -0.609. The van der Waals surface area contributed by atoms with Crippen LogP contribution in [0, 0.1) is 0 Å². The van der Waals surface area contributed by atoms with Gasteiger partial charge in [-0.15, -0.1) is 0 Å². The van der Waals surface area contributed by atoms with Gasteiger partial charge in [0.2, 0.25) is 0 Å². The lowest BCUT2D eigenvalue weighted by Crippen LogP contribution is -2.16. The molecule has 0 radical (unpaired) electrons. The lowest BCUT2D eigenvalue weighted by atomic mass is 9.98. The monoisotopic (exact) mass is 622 g/mol. The fourth-order valence-electron chi connectivity index (χ4n) is 5.64. The van der Waals surface area contributed by atoms with Gasteiger partial charge >= 0.3 is 11.9 Å². The highest BCUT2D eigenvalue weighted by atomic mass is 16.5. The fourth-order valence-corrected chi connectivity index (χ4v) is 5.64. The van der Waals surface area contributed by atoms with Crippen LogP contribution in [-0.4, -0.2) is 38.0 Å². The van der Waals surface area contributed by atoms with Crippen molar-refractivity contribution in [3.05, 3.63) is 155 Å². The second-order valence-corrected chi connectivity index (χ2v) is 10.9. The number of nitrogens with one attached hydrogen (secondary N) is 2. The maximum atomic E-state index is 13.3. The maximum Gasteiger partial charge on any atom is 0.339 e. The van der Waals surface area contributed by atoms with E-state index in [4.69, 9.17) is 9.47 Å². The molecule has 0 aliphatic rings. The number of esters is 2. The molecule has 2 amide bonds. The van der Waals surface area contributed by atoms with Crippen LogP contribution in [0.5, 0.6) is 0 Å². The number of methoxy groups -OCH3 is 2. The van der Waals surface area contributed by atoms with E-state index in [1.807, 2.05) is 72.8 Å². The van der Waals surface area contributed by atoms with E-state index in [-0.39, 0.29) is 22.9 Å². The molecular formula is C39H30N2O6. The fraction of sp³-hybridized carbons (Fsp3) is 0.0769. The third kappa shape index (κ3) is 6.43. The zero-order valence-corrected chi connectivity index (χ0v) is 25.7. The van der Waals surface area contributed by atoms with Crippen LogP contribution >= 0.6 is 0 Å². The van der Waals surface area contributed by atoms with Gasteiger partial charge in [-0.05, 0) is 75.5 Å². The topological polar surface area (TPSA) is 111 Å². The standard InChI is InChI=1S/C39H30N2O6/c1-46-38(44)32-22-24(17-19-34(32)40-36(42)30-15-7-11-26-9-3-5-13-28(26)30)21-25-18-20-35(33(23-25)39(45)47-2)41-37(43)31-16-8-12-27-10-4-6-14-29(27)31/h3-20,22-23H,21H2,1-2H3,(H,40,42)(H,41,43). The zero-order chi connectivity index (χ0) is 32.9. The van der Waals surface area contributed by atoms with E-state index in [0.717, 1.165) is 32.7 Å². The van der Waals surface area contributed by atoms with Crippen LogP contribution in [0.4, 0.5) is 11.4 Å². The van der Waals surface area contributed by atoms with Gasteiger partial charge in [0, 0.05) is 11.1 Å². The van der Waals surface area contributed by atoms with Crippen molar-refractivity contribution in [2.75, 3.05) is 24.9 Å². The Bertz CT molecular complexity index is 2020. The van der Waals surface area contributed by atoms with E-state index in [1.165, 1.54) is 14.2 Å².